The van der Waals surface area contributed by atoms with Crippen LogP contribution in [0.2, 0.25) is 0 Å². The zero-order chi connectivity index (χ0) is 18.9. The van der Waals surface area contributed by atoms with Crippen molar-refractivity contribution in [3.63, 3.8) is 0 Å². The maximum Gasteiger partial charge on any atom is 0.341 e. The highest BCUT2D eigenvalue weighted by atomic mass is 32.2. The summed E-state index contributed by atoms with van der Waals surface area (Å²) in [4.78, 5) is 24.4. The molecule has 0 aliphatic heterocycles. The van der Waals surface area contributed by atoms with Gasteiger partial charge in [0, 0.05) is 19.3 Å². The Morgan fingerprint density at radius 2 is 1.85 bits per heavy atom. The third-order valence-corrected chi connectivity index (χ3v) is 4.70. The highest BCUT2D eigenvalue weighted by molar-refractivity contribution is 7.99. The molecule has 0 saturated heterocycles. The van der Waals surface area contributed by atoms with Crippen LogP contribution in [-0.2, 0) is 21.9 Å². The lowest BCUT2D eigenvalue weighted by Crippen LogP contribution is -2.27. The number of aliphatic carboxylic acids is 1. The minimum atomic E-state index is -1.01. The molecule has 138 valence electrons. The summed E-state index contributed by atoms with van der Waals surface area (Å²) in [5.74, 6) is 0.816. The van der Waals surface area contributed by atoms with Crippen LogP contribution in [-0.4, -0.2) is 41.3 Å². The highest BCUT2D eigenvalue weighted by Gasteiger charge is 2.10. The molecule has 2 rings (SSSR count). The van der Waals surface area contributed by atoms with Crippen LogP contribution >= 0.6 is 11.8 Å². The molecule has 26 heavy (non-hydrogen) atoms. The largest absolute Gasteiger partial charge is 0.482 e. The first kappa shape index (κ1) is 19.8. The van der Waals surface area contributed by atoms with E-state index in [4.69, 9.17) is 9.84 Å². The Kier molecular flexibility index (Phi) is 7.53. The predicted octanol–water partition coefficient (Wildman–Crippen LogP) is 3.35. The molecule has 1 N–H and O–H groups in total. The van der Waals surface area contributed by atoms with Crippen LogP contribution < -0.4 is 4.74 Å². The van der Waals surface area contributed by atoms with Gasteiger partial charge in [-0.15, -0.1) is 11.8 Å². The zero-order valence-electron chi connectivity index (χ0n) is 15.0. The Labute approximate surface area is 158 Å². The molecule has 2 aromatic rings. The van der Waals surface area contributed by atoms with Crippen LogP contribution in [0.1, 0.15) is 16.7 Å². The molecule has 0 heterocycles. The summed E-state index contributed by atoms with van der Waals surface area (Å²) >= 11 is 1.61. The molecule has 1 amide bonds. The second kappa shape index (κ2) is 9.87. The Balaban J connectivity index is 1.76. The average Bonchev–Trinajstić information content (AvgIpc) is 2.61. The molecule has 0 fully saturated rings. The molecule has 0 atom stereocenters. The molecule has 0 bridgehead atoms. The number of amides is 1. The summed E-state index contributed by atoms with van der Waals surface area (Å²) in [5, 5.41) is 8.60. The van der Waals surface area contributed by atoms with E-state index in [2.05, 4.69) is 25.1 Å². The van der Waals surface area contributed by atoms with Crippen LogP contribution in [0.25, 0.3) is 0 Å². The number of ether oxygens (including phenoxy) is 1. The smallest absolute Gasteiger partial charge is 0.341 e. The van der Waals surface area contributed by atoms with E-state index in [1.54, 1.807) is 35.8 Å². The van der Waals surface area contributed by atoms with E-state index in [0.29, 0.717) is 18.0 Å². The molecule has 0 unspecified atom stereocenters. The first-order valence-corrected chi connectivity index (χ1v) is 9.40. The van der Waals surface area contributed by atoms with Gasteiger partial charge in [0.2, 0.25) is 5.91 Å². The fourth-order valence-corrected chi connectivity index (χ4v) is 3.28. The molecular formula is C20H23NO4S. The summed E-state index contributed by atoms with van der Waals surface area (Å²) in [7, 11) is 1.78. The molecule has 0 aliphatic rings. The first-order valence-electron chi connectivity index (χ1n) is 8.25. The summed E-state index contributed by atoms with van der Waals surface area (Å²) in [6, 6.07) is 15.4. The van der Waals surface area contributed by atoms with Crippen LogP contribution in [0.4, 0.5) is 0 Å². The molecule has 0 saturated carbocycles. The lowest BCUT2D eigenvalue weighted by atomic mass is 10.2. The van der Waals surface area contributed by atoms with Gasteiger partial charge in [-0.2, -0.15) is 0 Å². The van der Waals surface area contributed by atoms with Crippen LogP contribution in [0.5, 0.6) is 5.75 Å². The number of thioether (sulfide) groups is 1. The standard InChI is InChI=1S/C20H23NO4S/c1-15-4-3-5-17(10-15)13-26-14-19(22)21(2)11-16-6-8-18(9-7-16)25-12-20(23)24/h3-10H,11-14H2,1-2H3,(H,23,24). The number of hydrogen-bond acceptors (Lipinski definition) is 4. The minimum absolute atomic E-state index is 0.0776. The SMILES string of the molecule is Cc1cccc(CSCC(=O)N(C)Cc2ccc(OCC(=O)O)cc2)c1. The van der Waals surface area contributed by atoms with Gasteiger partial charge in [-0.05, 0) is 30.2 Å². The fraction of sp³-hybridized carbons (Fsp3) is 0.300. The second-order valence-electron chi connectivity index (χ2n) is 6.06. The van der Waals surface area contributed by atoms with Gasteiger partial charge in [-0.1, -0.05) is 42.0 Å². The number of aryl methyl sites for hydroxylation is 1. The second-order valence-corrected chi connectivity index (χ2v) is 7.04. The number of carboxylic acid groups (broad SMARTS) is 1. The summed E-state index contributed by atoms with van der Waals surface area (Å²) < 4.78 is 5.09. The maximum atomic E-state index is 12.3. The van der Waals surface area contributed by atoms with Gasteiger partial charge in [0.25, 0.3) is 0 Å². The minimum Gasteiger partial charge on any atom is -0.482 e. The van der Waals surface area contributed by atoms with Crippen molar-refractivity contribution in [2.45, 2.75) is 19.2 Å². The molecule has 6 heteroatoms. The van der Waals surface area contributed by atoms with E-state index in [9.17, 15) is 9.59 Å². The Morgan fingerprint density at radius 1 is 1.12 bits per heavy atom. The fourth-order valence-electron chi connectivity index (χ4n) is 2.37. The van der Waals surface area contributed by atoms with Gasteiger partial charge in [-0.3, -0.25) is 4.79 Å². The molecule has 0 radical (unpaired) electrons. The van der Waals surface area contributed by atoms with Crippen molar-refractivity contribution in [3.8, 4) is 5.75 Å². The number of benzene rings is 2. The zero-order valence-corrected chi connectivity index (χ0v) is 15.8. The molecule has 5 nitrogen and oxygen atoms in total. The van der Waals surface area contributed by atoms with E-state index < -0.39 is 5.97 Å². The first-order chi connectivity index (χ1) is 12.4. The predicted molar refractivity (Wildman–Crippen MR) is 103 cm³/mol. The number of carbonyl (C=O) groups excluding carboxylic acids is 1. The Morgan fingerprint density at radius 3 is 2.50 bits per heavy atom. The molecule has 2 aromatic carbocycles. The third-order valence-electron chi connectivity index (χ3n) is 3.71. The lowest BCUT2D eigenvalue weighted by molar-refractivity contribution is -0.139. The Hall–Kier alpha value is -2.47. The number of carbonyl (C=O) groups is 2. The van der Waals surface area contributed by atoms with Gasteiger partial charge >= 0.3 is 5.97 Å². The molecular weight excluding hydrogens is 350 g/mol. The van der Waals surface area contributed by atoms with Crippen LogP contribution in [0.15, 0.2) is 48.5 Å². The monoisotopic (exact) mass is 373 g/mol. The normalized spacial score (nSPS) is 10.4. The van der Waals surface area contributed by atoms with Gasteiger partial charge < -0.3 is 14.7 Å². The van der Waals surface area contributed by atoms with E-state index >= 15 is 0 Å². The van der Waals surface area contributed by atoms with Crippen molar-refractivity contribution in [2.75, 3.05) is 19.4 Å². The number of nitrogens with zero attached hydrogens (tertiary/aromatic N) is 1. The average molecular weight is 373 g/mol. The van der Waals surface area contributed by atoms with Crippen LogP contribution in [0, 0.1) is 6.92 Å². The number of hydrogen-bond donors (Lipinski definition) is 1. The van der Waals surface area contributed by atoms with Crippen molar-refractivity contribution in [2.24, 2.45) is 0 Å². The molecule has 0 aliphatic carbocycles. The topological polar surface area (TPSA) is 66.8 Å². The van der Waals surface area contributed by atoms with E-state index in [-0.39, 0.29) is 12.5 Å². The van der Waals surface area contributed by atoms with Crippen molar-refractivity contribution < 1.29 is 19.4 Å². The van der Waals surface area contributed by atoms with Crippen LogP contribution in [0.3, 0.4) is 0 Å². The van der Waals surface area contributed by atoms with Gasteiger partial charge in [0.1, 0.15) is 5.75 Å². The van der Waals surface area contributed by atoms with Gasteiger partial charge in [0.15, 0.2) is 6.61 Å². The van der Waals surface area contributed by atoms with E-state index in [0.717, 1.165) is 11.3 Å². The van der Waals surface area contributed by atoms with Crippen molar-refractivity contribution in [3.05, 3.63) is 65.2 Å². The summed E-state index contributed by atoms with van der Waals surface area (Å²) in [6.45, 7) is 2.20. The quantitative estimate of drug-likeness (QED) is 0.730. The lowest BCUT2D eigenvalue weighted by Gasteiger charge is -2.17. The summed E-state index contributed by atoms with van der Waals surface area (Å²) in [5.41, 5.74) is 3.41. The third kappa shape index (κ3) is 6.80. The van der Waals surface area contributed by atoms with Crippen molar-refractivity contribution >= 4 is 23.6 Å². The highest BCUT2D eigenvalue weighted by Crippen LogP contribution is 2.16. The van der Waals surface area contributed by atoms with E-state index in [1.807, 2.05) is 18.2 Å². The van der Waals surface area contributed by atoms with Crippen molar-refractivity contribution in [1.82, 2.24) is 4.90 Å². The number of rotatable bonds is 9. The molecule has 0 aromatic heterocycles. The van der Waals surface area contributed by atoms with Gasteiger partial charge in [-0.25, -0.2) is 4.79 Å². The summed E-state index contributed by atoms with van der Waals surface area (Å²) in [6.07, 6.45) is 0. The van der Waals surface area contributed by atoms with Crippen molar-refractivity contribution in [1.29, 1.82) is 0 Å². The Bertz CT molecular complexity index is 746. The van der Waals surface area contributed by atoms with Gasteiger partial charge in [0.05, 0.1) is 5.75 Å². The van der Waals surface area contributed by atoms with E-state index in [1.165, 1.54) is 11.1 Å². The molecule has 0 spiro atoms. The maximum absolute atomic E-state index is 12.3. The number of carboxylic acids is 1.